The van der Waals surface area contributed by atoms with Gasteiger partial charge in [0.2, 0.25) is 0 Å². The molecule has 1 fully saturated rings. The van der Waals surface area contributed by atoms with E-state index in [0.717, 1.165) is 31.7 Å². The van der Waals surface area contributed by atoms with Crippen molar-refractivity contribution in [3.63, 3.8) is 0 Å². The van der Waals surface area contributed by atoms with Crippen LogP contribution < -0.4 is 5.32 Å². The summed E-state index contributed by atoms with van der Waals surface area (Å²) in [7, 11) is 1.75. The van der Waals surface area contributed by atoms with Crippen molar-refractivity contribution in [3.8, 4) is 0 Å². The van der Waals surface area contributed by atoms with E-state index in [9.17, 15) is 0 Å². The van der Waals surface area contributed by atoms with Crippen LogP contribution >= 0.6 is 0 Å². The van der Waals surface area contributed by atoms with E-state index in [0.29, 0.717) is 0 Å². The molecule has 0 saturated heterocycles. The second-order valence-electron chi connectivity index (χ2n) is 5.90. The van der Waals surface area contributed by atoms with Gasteiger partial charge in [-0.2, -0.15) is 0 Å². The molecule has 0 amide bonds. The van der Waals surface area contributed by atoms with Gasteiger partial charge in [0, 0.05) is 19.7 Å². The predicted octanol–water partition coefficient (Wildman–Crippen LogP) is 2.51. The SMILES string of the molecule is COCCNCCCCN(CCC(C)C)C1CC1. The van der Waals surface area contributed by atoms with Crippen LogP contribution in [0.1, 0.15) is 46.0 Å². The third kappa shape index (κ3) is 8.06. The maximum absolute atomic E-state index is 5.01. The van der Waals surface area contributed by atoms with E-state index >= 15 is 0 Å². The van der Waals surface area contributed by atoms with Gasteiger partial charge in [0.25, 0.3) is 0 Å². The van der Waals surface area contributed by atoms with Gasteiger partial charge in [0.15, 0.2) is 0 Å². The standard InChI is InChI=1S/C15H32N2O/c1-14(2)8-12-17(15-6-7-15)11-5-4-9-16-10-13-18-3/h14-16H,4-13H2,1-3H3. The summed E-state index contributed by atoms with van der Waals surface area (Å²) >= 11 is 0. The summed E-state index contributed by atoms with van der Waals surface area (Å²) in [6.45, 7) is 10.2. The molecular formula is C15H32N2O. The lowest BCUT2D eigenvalue weighted by Crippen LogP contribution is -2.30. The zero-order valence-corrected chi connectivity index (χ0v) is 12.6. The van der Waals surface area contributed by atoms with E-state index in [-0.39, 0.29) is 0 Å². The van der Waals surface area contributed by atoms with Crippen LogP contribution in [0.5, 0.6) is 0 Å². The van der Waals surface area contributed by atoms with Crippen molar-refractivity contribution in [1.82, 2.24) is 10.2 Å². The Kier molecular flexibility index (Phi) is 8.64. The first kappa shape index (κ1) is 15.9. The number of nitrogens with one attached hydrogen (secondary N) is 1. The van der Waals surface area contributed by atoms with Gasteiger partial charge in [-0.25, -0.2) is 0 Å². The van der Waals surface area contributed by atoms with Crippen LogP contribution in [0.2, 0.25) is 0 Å². The first-order valence-electron chi connectivity index (χ1n) is 7.67. The molecule has 108 valence electrons. The van der Waals surface area contributed by atoms with Gasteiger partial charge in [0.05, 0.1) is 6.61 Å². The average Bonchev–Trinajstić information content (AvgIpc) is 3.15. The lowest BCUT2D eigenvalue weighted by atomic mass is 10.1. The molecule has 0 atom stereocenters. The number of methoxy groups -OCH3 is 1. The van der Waals surface area contributed by atoms with Crippen LogP contribution in [0.25, 0.3) is 0 Å². The third-order valence-electron chi connectivity index (χ3n) is 3.59. The summed E-state index contributed by atoms with van der Waals surface area (Å²) in [5.74, 6) is 0.835. The minimum atomic E-state index is 0.822. The number of hydrogen-bond acceptors (Lipinski definition) is 3. The lowest BCUT2D eigenvalue weighted by Gasteiger charge is -2.22. The molecular weight excluding hydrogens is 224 g/mol. The van der Waals surface area contributed by atoms with Gasteiger partial charge in [-0.15, -0.1) is 0 Å². The van der Waals surface area contributed by atoms with Crippen molar-refractivity contribution in [2.24, 2.45) is 5.92 Å². The lowest BCUT2D eigenvalue weighted by molar-refractivity contribution is 0.198. The molecule has 1 aliphatic carbocycles. The smallest absolute Gasteiger partial charge is 0.0587 e. The Bertz CT molecular complexity index is 193. The second-order valence-corrected chi connectivity index (χ2v) is 5.90. The molecule has 0 aromatic heterocycles. The maximum Gasteiger partial charge on any atom is 0.0587 e. The molecule has 0 radical (unpaired) electrons. The highest BCUT2D eigenvalue weighted by Crippen LogP contribution is 2.27. The predicted molar refractivity (Wildman–Crippen MR) is 78.0 cm³/mol. The van der Waals surface area contributed by atoms with Crippen molar-refractivity contribution < 1.29 is 4.74 Å². The average molecular weight is 256 g/mol. The number of hydrogen-bond donors (Lipinski definition) is 1. The summed E-state index contributed by atoms with van der Waals surface area (Å²) in [6, 6.07) is 0.921. The summed E-state index contributed by atoms with van der Waals surface area (Å²) in [5, 5.41) is 3.41. The van der Waals surface area contributed by atoms with Gasteiger partial charge >= 0.3 is 0 Å². The van der Waals surface area contributed by atoms with Crippen molar-refractivity contribution in [3.05, 3.63) is 0 Å². The van der Waals surface area contributed by atoms with Crippen LogP contribution in [0, 0.1) is 5.92 Å². The van der Waals surface area contributed by atoms with Gasteiger partial charge in [-0.1, -0.05) is 13.8 Å². The number of nitrogens with zero attached hydrogens (tertiary/aromatic N) is 1. The molecule has 0 bridgehead atoms. The second kappa shape index (κ2) is 9.76. The van der Waals surface area contributed by atoms with Crippen LogP contribution in [0.15, 0.2) is 0 Å². The van der Waals surface area contributed by atoms with E-state index in [4.69, 9.17) is 4.74 Å². The zero-order valence-electron chi connectivity index (χ0n) is 12.6. The molecule has 0 aromatic carbocycles. The monoisotopic (exact) mass is 256 g/mol. The Balaban J connectivity index is 1.96. The number of ether oxygens (including phenoxy) is 1. The number of rotatable bonds is 12. The fourth-order valence-corrected chi connectivity index (χ4v) is 2.20. The molecule has 3 heteroatoms. The van der Waals surface area contributed by atoms with Crippen molar-refractivity contribution in [2.75, 3.05) is 39.9 Å². The van der Waals surface area contributed by atoms with Crippen molar-refractivity contribution >= 4 is 0 Å². The Labute approximate surface area is 113 Å². The minimum absolute atomic E-state index is 0.822. The van der Waals surface area contributed by atoms with Gasteiger partial charge < -0.3 is 15.0 Å². The molecule has 1 N–H and O–H groups in total. The van der Waals surface area contributed by atoms with E-state index in [1.807, 2.05) is 0 Å². The topological polar surface area (TPSA) is 24.5 Å². The van der Waals surface area contributed by atoms with E-state index in [1.165, 1.54) is 45.2 Å². The fraction of sp³-hybridized carbons (Fsp3) is 1.00. The highest BCUT2D eigenvalue weighted by molar-refractivity contribution is 4.84. The normalized spacial score (nSPS) is 15.8. The third-order valence-corrected chi connectivity index (χ3v) is 3.59. The highest BCUT2D eigenvalue weighted by atomic mass is 16.5. The Morgan fingerprint density at radius 3 is 2.56 bits per heavy atom. The van der Waals surface area contributed by atoms with Gasteiger partial charge in [-0.05, 0) is 57.7 Å². The van der Waals surface area contributed by atoms with Gasteiger partial charge in [0.1, 0.15) is 0 Å². The molecule has 0 aromatic rings. The molecule has 18 heavy (non-hydrogen) atoms. The van der Waals surface area contributed by atoms with Crippen LogP contribution in [-0.2, 0) is 4.74 Å². The first-order valence-corrected chi connectivity index (χ1v) is 7.67. The van der Waals surface area contributed by atoms with Crippen LogP contribution in [-0.4, -0.2) is 50.8 Å². The quantitative estimate of drug-likeness (QED) is 0.543. The van der Waals surface area contributed by atoms with E-state index in [2.05, 4.69) is 24.1 Å². The highest BCUT2D eigenvalue weighted by Gasteiger charge is 2.27. The summed E-state index contributed by atoms with van der Waals surface area (Å²) in [4.78, 5) is 2.72. The molecule has 0 unspecified atom stereocenters. The molecule has 0 aliphatic heterocycles. The summed E-state index contributed by atoms with van der Waals surface area (Å²) in [5.41, 5.74) is 0. The molecule has 0 spiro atoms. The summed E-state index contributed by atoms with van der Waals surface area (Å²) < 4.78 is 5.01. The van der Waals surface area contributed by atoms with Gasteiger partial charge in [-0.3, -0.25) is 0 Å². The fourth-order valence-electron chi connectivity index (χ4n) is 2.20. The van der Waals surface area contributed by atoms with E-state index in [1.54, 1.807) is 7.11 Å². The molecule has 3 nitrogen and oxygen atoms in total. The first-order chi connectivity index (χ1) is 8.74. The molecule has 1 rings (SSSR count). The minimum Gasteiger partial charge on any atom is -0.383 e. The Hall–Kier alpha value is -0.120. The Morgan fingerprint density at radius 1 is 1.17 bits per heavy atom. The van der Waals surface area contributed by atoms with E-state index < -0.39 is 0 Å². The largest absolute Gasteiger partial charge is 0.383 e. The maximum atomic E-state index is 5.01. The molecule has 0 heterocycles. The summed E-state index contributed by atoms with van der Waals surface area (Å²) in [6.07, 6.45) is 6.83. The molecule has 1 aliphatic rings. The zero-order chi connectivity index (χ0) is 13.2. The number of unbranched alkanes of at least 4 members (excludes halogenated alkanes) is 1. The van der Waals surface area contributed by atoms with Crippen molar-refractivity contribution in [2.45, 2.75) is 52.0 Å². The Morgan fingerprint density at radius 2 is 1.94 bits per heavy atom. The van der Waals surface area contributed by atoms with Crippen molar-refractivity contribution in [1.29, 1.82) is 0 Å². The molecule has 1 saturated carbocycles. The van der Waals surface area contributed by atoms with Crippen LogP contribution in [0.3, 0.4) is 0 Å². The van der Waals surface area contributed by atoms with Crippen LogP contribution in [0.4, 0.5) is 0 Å².